The number of benzene rings is 2. The molecule has 0 saturated carbocycles. The number of ether oxygens (including phenoxy) is 1. The van der Waals surface area contributed by atoms with Crippen molar-refractivity contribution in [3.63, 3.8) is 0 Å². The van der Waals surface area contributed by atoms with Crippen molar-refractivity contribution in [3.05, 3.63) is 59.7 Å². The minimum absolute atomic E-state index is 0.00278. The van der Waals surface area contributed by atoms with Gasteiger partial charge in [-0.15, -0.1) is 0 Å². The standard InChI is InChI=1S/C15H12F2N2O5S/c16-10-5-11(17)7-12(6-10)19-14(20)8-24-15(21)9-1-3-13(4-2-9)25(18,22)23/h1-7H,8H2,(H,19,20)(H2,18,22,23). The van der Waals surface area contributed by atoms with Crippen LogP contribution in [0.1, 0.15) is 10.4 Å². The first-order valence-electron chi connectivity index (χ1n) is 6.71. The Bertz CT molecular complexity index is 894. The Labute approximate surface area is 141 Å². The zero-order valence-corrected chi connectivity index (χ0v) is 13.3. The summed E-state index contributed by atoms with van der Waals surface area (Å²) in [5.41, 5.74) is -0.131. The Hall–Kier alpha value is -2.85. The van der Waals surface area contributed by atoms with Gasteiger partial charge in [0.25, 0.3) is 5.91 Å². The van der Waals surface area contributed by atoms with E-state index in [1.807, 2.05) is 0 Å². The summed E-state index contributed by atoms with van der Waals surface area (Å²) in [6.07, 6.45) is 0. The number of hydrogen-bond acceptors (Lipinski definition) is 5. The Balaban J connectivity index is 1.94. The summed E-state index contributed by atoms with van der Waals surface area (Å²) in [5.74, 6) is -3.44. The van der Waals surface area contributed by atoms with Crippen LogP contribution in [0, 0.1) is 11.6 Å². The Morgan fingerprint density at radius 1 is 1.04 bits per heavy atom. The van der Waals surface area contributed by atoms with E-state index in [9.17, 15) is 26.8 Å². The minimum Gasteiger partial charge on any atom is -0.452 e. The molecule has 2 aromatic carbocycles. The molecule has 25 heavy (non-hydrogen) atoms. The first-order chi connectivity index (χ1) is 11.6. The van der Waals surface area contributed by atoms with E-state index in [1.165, 1.54) is 12.1 Å². The summed E-state index contributed by atoms with van der Waals surface area (Å²) in [4.78, 5) is 23.2. The van der Waals surface area contributed by atoms with Crippen molar-refractivity contribution in [2.75, 3.05) is 11.9 Å². The smallest absolute Gasteiger partial charge is 0.338 e. The molecule has 0 aliphatic heterocycles. The molecule has 0 radical (unpaired) electrons. The van der Waals surface area contributed by atoms with Crippen LogP contribution in [0.5, 0.6) is 0 Å². The molecule has 0 aliphatic rings. The zero-order valence-electron chi connectivity index (χ0n) is 12.5. The van der Waals surface area contributed by atoms with Gasteiger partial charge in [-0.25, -0.2) is 27.1 Å². The van der Waals surface area contributed by atoms with Crippen LogP contribution in [-0.2, 0) is 19.6 Å². The third-order valence-corrected chi connectivity index (χ3v) is 3.83. The van der Waals surface area contributed by atoms with Crippen LogP contribution in [0.15, 0.2) is 47.4 Å². The van der Waals surface area contributed by atoms with Gasteiger partial charge in [0.1, 0.15) is 11.6 Å². The van der Waals surface area contributed by atoms with Crippen molar-refractivity contribution in [3.8, 4) is 0 Å². The van der Waals surface area contributed by atoms with Crippen LogP contribution in [0.25, 0.3) is 0 Å². The molecule has 0 aliphatic carbocycles. The molecule has 0 atom stereocenters. The van der Waals surface area contributed by atoms with Gasteiger partial charge in [-0.05, 0) is 36.4 Å². The number of hydrogen-bond donors (Lipinski definition) is 2. The lowest BCUT2D eigenvalue weighted by molar-refractivity contribution is -0.119. The van der Waals surface area contributed by atoms with E-state index in [1.54, 1.807) is 0 Å². The van der Waals surface area contributed by atoms with Crippen LogP contribution in [0.2, 0.25) is 0 Å². The van der Waals surface area contributed by atoms with Crippen LogP contribution >= 0.6 is 0 Å². The highest BCUT2D eigenvalue weighted by Gasteiger charge is 2.13. The monoisotopic (exact) mass is 370 g/mol. The van der Waals surface area contributed by atoms with Crippen LogP contribution in [0.3, 0.4) is 0 Å². The fraction of sp³-hybridized carbons (Fsp3) is 0.0667. The highest BCUT2D eigenvalue weighted by Crippen LogP contribution is 2.13. The number of amides is 1. The van der Waals surface area contributed by atoms with Crippen molar-refractivity contribution in [2.24, 2.45) is 5.14 Å². The second-order valence-corrected chi connectivity index (χ2v) is 6.41. The van der Waals surface area contributed by atoms with E-state index in [2.05, 4.69) is 5.32 Å². The topological polar surface area (TPSA) is 116 Å². The van der Waals surface area contributed by atoms with Gasteiger partial charge in [-0.2, -0.15) is 0 Å². The number of esters is 1. The van der Waals surface area contributed by atoms with Crippen molar-refractivity contribution >= 4 is 27.6 Å². The molecule has 132 valence electrons. The van der Waals surface area contributed by atoms with Gasteiger partial charge in [0.05, 0.1) is 10.5 Å². The molecule has 0 saturated heterocycles. The number of halogens is 2. The number of rotatable bonds is 5. The van der Waals surface area contributed by atoms with Crippen molar-refractivity contribution in [2.45, 2.75) is 4.90 Å². The predicted octanol–water partition coefficient (Wildman–Crippen LogP) is 1.41. The van der Waals surface area contributed by atoms with Crippen LogP contribution in [-0.4, -0.2) is 26.9 Å². The number of nitrogens with one attached hydrogen (secondary N) is 1. The van der Waals surface area contributed by atoms with Crippen molar-refractivity contribution in [1.82, 2.24) is 0 Å². The number of carbonyl (C=O) groups is 2. The summed E-state index contributed by atoms with van der Waals surface area (Å²) in [7, 11) is -3.89. The van der Waals surface area contributed by atoms with E-state index in [4.69, 9.17) is 9.88 Å². The highest BCUT2D eigenvalue weighted by molar-refractivity contribution is 7.89. The van der Waals surface area contributed by atoms with E-state index in [0.29, 0.717) is 6.07 Å². The molecule has 0 heterocycles. The molecular weight excluding hydrogens is 358 g/mol. The first kappa shape index (κ1) is 18.5. The number of anilines is 1. The molecular formula is C15H12F2N2O5S. The second-order valence-electron chi connectivity index (χ2n) is 4.85. The van der Waals surface area contributed by atoms with E-state index in [-0.39, 0.29) is 16.1 Å². The maximum Gasteiger partial charge on any atom is 0.338 e. The SMILES string of the molecule is NS(=O)(=O)c1ccc(C(=O)OCC(=O)Nc2cc(F)cc(F)c2)cc1. The summed E-state index contributed by atoms with van der Waals surface area (Å²) >= 11 is 0. The van der Waals surface area contributed by atoms with Gasteiger partial charge >= 0.3 is 5.97 Å². The third-order valence-electron chi connectivity index (χ3n) is 2.90. The molecule has 1 amide bonds. The molecule has 0 fully saturated rings. The lowest BCUT2D eigenvalue weighted by atomic mass is 10.2. The van der Waals surface area contributed by atoms with Crippen LogP contribution in [0.4, 0.5) is 14.5 Å². The van der Waals surface area contributed by atoms with E-state index in [0.717, 1.165) is 24.3 Å². The predicted molar refractivity (Wildman–Crippen MR) is 83.1 cm³/mol. The van der Waals surface area contributed by atoms with Gasteiger partial charge < -0.3 is 10.1 Å². The fourth-order valence-electron chi connectivity index (χ4n) is 1.82. The highest BCUT2D eigenvalue weighted by atomic mass is 32.2. The molecule has 0 aromatic heterocycles. The van der Waals surface area contributed by atoms with Crippen molar-refractivity contribution in [1.29, 1.82) is 0 Å². The van der Waals surface area contributed by atoms with Crippen molar-refractivity contribution < 1.29 is 31.5 Å². The largest absolute Gasteiger partial charge is 0.452 e. The number of nitrogens with two attached hydrogens (primary N) is 1. The Morgan fingerprint density at radius 3 is 2.12 bits per heavy atom. The lowest BCUT2D eigenvalue weighted by Gasteiger charge is -2.07. The Kier molecular flexibility index (Phi) is 5.45. The zero-order chi connectivity index (χ0) is 18.6. The summed E-state index contributed by atoms with van der Waals surface area (Å²) < 4.78 is 52.9. The molecule has 2 aromatic rings. The summed E-state index contributed by atoms with van der Waals surface area (Å²) in [6.45, 7) is -0.700. The molecule has 7 nitrogen and oxygen atoms in total. The quantitative estimate of drug-likeness (QED) is 0.772. The number of primary sulfonamides is 1. The molecule has 0 bridgehead atoms. The average Bonchev–Trinajstić information content (AvgIpc) is 2.51. The maximum atomic E-state index is 13.0. The molecule has 0 unspecified atom stereocenters. The van der Waals surface area contributed by atoms with Gasteiger partial charge in [0, 0.05) is 11.8 Å². The third kappa shape index (κ3) is 5.33. The molecule has 0 spiro atoms. The summed E-state index contributed by atoms with van der Waals surface area (Å²) in [6, 6.07) is 7.00. The normalized spacial score (nSPS) is 11.0. The van der Waals surface area contributed by atoms with Gasteiger partial charge in [-0.1, -0.05) is 0 Å². The number of sulfonamides is 1. The van der Waals surface area contributed by atoms with Crippen LogP contribution < -0.4 is 10.5 Å². The van der Waals surface area contributed by atoms with E-state index < -0.39 is 40.1 Å². The lowest BCUT2D eigenvalue weighted by Crippen LogP contribution is -2.21. The van der Waals surface area contributed by atoms with Gasteiger partial charge in [0.2, 0.25) is 10.0 Å². The minimum atomic E-state index is -3.89. The second kappa shape index (κ2) is 7.36. The number of carbonyl (C=O) groups excluding carboxylic acids is 2. The summed E-state index contributed by atoms with van der Waals surface area (Å²) in [5, 5.41) is 7.09. The van der Waals surface area contributed by atoms with E-state index >= 15 is 0 Å². The maximum absolute atomic E-state index is 13.0. The van der Waals surface area contributed by atoms with Gasteiger partial charge in [-0.3, -0.25) is 4.79 Å². The molecule has 2 rings (SSSR count). The van der Waals surface area contributed by atoms with Gasteiger partial charge in [0.15, 0.2) is 6.61 Å². The molecule has 3 N–H and O–H groups in total. The first-order valence-corrected chi connectivity index (χ1v) is 8.26. The Morgan fingerprint density at radius 2 is 1.60 bits per heavy atom. The molecule has 10 heteroatoms. The fourth-order valence-corrected chi connectivity index (χ4v) is 2.33. The average molecular weight is 370 g/mol.